The highest BCUT2D eigenvalue weighted by Crippen LogP contribution is 1.96. The van der Waals surface area contributed by atoms with Crippen LogP contribution in [0, 0.1) is 0 Å². The molecule has 0 fully saturated rings. The van der Waals surface area contributed by atoms with Gasteiger partial charge in [-0.1, -0.05) is 6.92 Å². The Kier molecular flexibility index (Phi) is 4.60. The van der Waals surface area contributed by atoms with Crippen LogP contribution in [-0.4, -0.2) is 23.9 Å². The maximum absolute atomic E-state index is 9.17. The second kappa shape index (κ2) is 4.66. The topological polar surface area (TPSA) is 41.5 Å². The van der Waals surface area contributed by atoms with Gasteiger partial charge in [0.25, 0.3) is 0 Å². The van der Waals surface area contributed by atoms with E-state index in [1.54, 1.807) is 13.8 Å². The molecular formula is C7H17NO2. The highest BCUT2D eigenvalue weighted by molar-refractivity contribution is 4.64. The molecule has 0 bridgehead atoms. The van der Waals surface area contributed by atoms with E-state index in [1.807, 2.05) is 6.92 Å². The van der Waals surface area contributed by atoms with Crippen molar-refractivity contribution in [1.82, 2.24) is 5.48 Å². The van der Waals surface area contributed by atoms with Crippen LogP contribution in [0.2, 0.25) is 0 Å². The summed E-state index contributed by atoms with van der Waals surface area (Å²) >= 11 is 0. The Morgan fingerprint density at radius 3 is 2.50 bits per heavy atom. The summed E-state index contributed by atoms with van der Waals surface area (Å²) in [5, 5.41) is 9.17. The highest BCUT2D eigenvalue weighted by atomic mass is 16.6. The van der Waals surface area contributed by atoms with Gasteiger partial charge in [-0.3, -0.25) is 0 Å². The minimum Gasteiger partial charge on any atom is -0.389 e. The molecule has 0 aromatic heterocycles. The fourth-order valence-corrected chi connectivity index (χ4v) is 0.402. The molecule has 2 N–H and O–H groups in total. The van der Waals surface area contributed by atoms with E-state index >= 15 is 0 Å². The Labute approximate surface area is 62.3 Å². The van der Waals surface area contributed by atoms with Crippen molar-refractivity contribution in [3.63, 3.8) is 0 Å². The molecule has 3 nitrogen and oxygen atoms in total. The van der Waals surface area contributed by atoms with Crippen LogP contribution in [0.1, 0.15) is 27.2 Å². The number of nitrogens with one attached hydrogen (secondary N) is 1. The van der Waals surface area contributed by atoms with Gasteiger partial charge >= 0.3 is 0 Å². The summed E-state index contributed by atoms with van der Waals surface area (Å²) < 4.78 is 0. The van der Waals surface area contributed by atoms with Crippen LogP contribution in [-0.2, 0) is 4.84 Å². The number of hydroxylamine groups is 1. The maximum atomic E-state index is 9.17. The van der Waals surface area contributed by atoms with Gasteiger partial charge < -0.3 is 9.94 Å². The Bertz CT molecular complexity index is 78.2. The van der Waals surface area contributed by atoms with E-state index < -0.39 is 5.60 Å². The van der Waals surface area contributed by atoms with Gasteiger partial charge in [0.05, 0.1) is 12.2 Å². The quantitative estimate of drug-likeness (QED) is 0.444. The summed E-state index contributed by atoms with van der Waals surface area (Å²) in [6.07, 6.45) is 0.985. The van der Waals surface area contributed by atoms with Crippen LogP contribution >= 0.6 is 0 Å². The van der Waals surface area contributed by atoms with Gasteiger partial charge in [-0.15, -0.1) is 0 Å². The van der Waals surface area contributed by atoms with Crippen LogP contribution in [0.25, 0.3) is 0 Å². The van der Waals surface area contributed by atoms with E-state index in [0.29, 0.717) is 13.2 Å². The molecule has 0 radical (unpaired) electrons. The largest absolute Gasteiger partial charge is 0.389 e. The molecule has 0 unspecified atom stereocenters. The molecule has 0 aliphatic carbocycles. The minimum atomic E-state index is -0.687. The fourth-order valence-electron chi connectivity index (χ4n) is 0.402. The first-order valence-corrected chi connectivity index (χ1v) is 3.63. The van der Waals surface area contributed by atoms with Crippen LogP contribution in [0.4, 0.5) is 0 Å². The monoisotopic (exact) mass is 147 g/mol. The summed E-state index contributed by atoms with van der Waals surface area (Å²) in [7, 11) is 0. The number of aliphatic hydroxyl groups is 1. The summed E-state index contributed by atoms with van der Waals surface area (Å²) in [6.45, 7) is 6.65. The summed E-state index contributed by atoms with van der Waals surface area (Å²) in [4.78, 5) is 4.95. The third-order valence-corrected chi connectivity index (χ3v) is 0.913. The highest BCUT2D eigenvalue weighted by Gasteiger charge is 2.10. The molecule has 0 aliphatic heterocycles. The van der Waals surface area contributed by atoms with Gasteiger partial charge in [0.1, 0.15) is 0 Å². The van der Waals surface area contributed by atoms with Crippen molar-refractivity contribution >= 4 is 0 Å². The maximum Gasteiger partial charge on any atom is 0.0738 e. The lowest BCUT2D eigenvalue weighted by atomic mass is 10.1. The van der Waals surface area contributed by atoms with E-state index in [-0.39, 0.29) is 0 Å². The van der Waals surface area contributed by atoms with E-state index in [1.165, 1.54) is 0 Å². The Balaban J connectivity index is 3.04. The van der Waals surface area contributed by atoms with Gasteiger partial charge in [0.2, 0.25) is 0 Å². The lowest BCUT2D eigenvalue weighted by molar-refractivity contribution is -0.0147. The van der Waals surface area contributed by atoms with Gasteiger partial charge in [0, 0.05) is 6.54 Å². The first kappa shape index (κ1) is 9.88. The fraction of sp³-hybridized carbons (Fsp3) is 1.00. The summed E-state index contributed by atoms with van der Waals surface area (Å²) in [6, 6.07) is 0. The molecular weight excluding hydrogens is 130 g/mol. The number of hydrogen-bond donors (Lipinski definition) is 2. The molecule has 0 heterocycles. The van der Waals surface area contributed by atoms with E-state index in [4.69, 9.17) is 4.84 Å². The van der Waals surface area contributed by atoms with E-state index in [2.05, 4.69) is 5.48 Å². The molecule has 0 amide bonds. The molecule has 10 heavy (non-hydrogen) atoms. The predicted octanol–water partition coefficient (Wildman–Crippen LogP) is 0.688. The van der Waals surface area contributed by atoms with Crippen molar-refractivity contribution < 1.29 is 9.94 Å². The third kappa shape index (κ3) is 7.88. The van der Waals surface area contributed by atoms with Crippen molar-refractivity contribution in [2.75, 3.05) is 13.2 Å². The Morgan fingerprint density at radius 2 is 2.10 bits per heavy atom. The van der Waals surface area contributed by atoms with E-state index in [0.717, 1.165) is 6.42 Å². The third-order valence-electron chi connectivity index (χ3n) is 0.913. The zero-order valence-electron chi connectivity index (χ0n) is 6.98. The van der Waals surface area contributed by atoms with Crippen molar-refractivity contribution in [3.05, 3.63) is 0 Å². The second-order valence-corrected chi connectivity index (χ2v) is 2.98. The van der Waals surface area contributed by atoms with Crippen LogP contribution < -0.4 is 5.48 Å². The molecule has 3 heteroatoms. The van der Waals surface area contributed by atoms with Crippen LogP contribution in [0.5, 0.6) is 0 Å². The lowest BCUT2D eigenvalue weighted by Crippen LogP contribution is -2.34. The van der Waals surface area contributed by atoms with Crippen molar-refractivity contribution in [1.29, 1.82) is 0 Å². The average Bonchev–Trinajstić information content (AvgIpc) is 1.78. The van der Waals surface area contributed by atoms with Crippen molar-refractivity contribution in [3.8, 4) is 0 Å². The molecule has 0 rings (SSSR count). The van der Waals surface area contributed by atoms with Crippen LogP contribution in [0.15, 0.2) is 0 Å². The zero-order valence-corrected chi connectivity index (χ0v) is 6.98. The molecule has 0 atom stereocenters. The molecule has 0 saturated carbocycles. The molecule has 62 valence electrons. The lowest BCUT2D eigenvalue weighted by Gasteiger charge is -2.16. The van der Waals surface area contributed by atoms with Gasteiger partial charge in [0.15, 0.2) is 0 Å². The standard InChI is InChI=1S/C7H17NO2/c1-4-5-10-8-6-7(2,3)9/h8-9H,4-6H2,1-3H3. The first-order chi connectivity index (χ1) is 4.56. The Morgan fingerprint density at radius 1 is 1.50 bits per heavy atom. The molecule has 0 aliphatic rings. The van der Waals surface area contributed by atoms with Crippen LogP contribution in [0.3, 0.4) is 0 Å². The minimum absolute atomic E-state index is 0.465. The van der Waals surface area contributed by atoms with Crippen molar-refractivity contribution in [2.45, 2.75) is 32.8 Å². The smallest absolute Gasteiger partial charge is 0.0738 e. The van der Waals surface area contributed by atoms with E-state index in [9.17, 15) is 5.11 Å². The number of rotatable bonds is 5. The zero-order chi connectivity index (χ0) is 8.04. The first-order valence-electron chi connectivity index (χ1n) is 3.63. The average molecular weight is 147 g/mol. The van der Waals surface area contributed by atoms with Gasteiger partial charge in [-0.05, 0) is 20.3 Å². The Hall–Kier alpha value is -0.120. The second-order valence-electron chi connectivity index (χ2n) is 2.98. The predicted molar refractivity (Wildman–Crippen MR) is 40.5 cm³/mol. The molecule has 0 saturated heterocycles. The molecule has 0 aromatic carbocycles. The molecule has 0 spiro atoms. The summed E-state index contributed by atoms with van der Waals surface area (Å²) in [5.41, 5.74) is 1.99. The van der Waals surface area contributed by atoms with Gasteiger partial charge in [-0.2, -0.15) is 5.48 Å². The number of hydrogen-bond acceptors (Lipinski definition) is 3. The van der Waals surface area contributed by atoms with Gasteiger partial charge in [-0.25, -0.2) is 0 Å². The normalized spacial score (nSPS) is 12.0. The summed E-state index contributed by atoms with van der Waals surface area (Å²) in [5.74, 6) is 0. The van der Waals surface area contributed by atoms with Crippen molar-refractivity contribution in [2.24, 2.45) is 0 Å². The molecule has 0 aromatic rings. The SMILES string of the molecule is CCCONCC(C)(C)O.